The molecule has 2 saturated heterocycles. The fraction of sp³-hybridized carbons (Fsp3) is 0.333. The number of amides is 3. The van der Waals surface area contributed by atoms with Gasteiger partial charge < -0.3 is 16.0 Å². The predicted molar refractivity (Wildman–Crippen MR) is 136 cm³/mol. The third-order valence-electron chi connectivity index (χ3n) is 7.18. The largest absolute Gasteiger partial charge is 0.352 e. The molecule has 2 fully saturated rings. The van der Waals surface area contributed by atoms with E-state index in [0.717, 1.165) is 30.6 Å². The van der Waals surface area contributed by atoms with E-state index >= 15 is 0 Å². The summed E-state index contributed by atoms with van der Waals surface area (Å²) in [6.45, 7) is 0.549. The van der Waals surface area contributed by atoms with Gasteiger partial charge in [0.05, 0.1) is 12.1 Å². The van der Waals surface area contributed by atoms with Crippen molar-refractivity contribution >= 4 is 56.0 Å². The number of unbranched alkanes of at least 4 members (excludes halogenated alkanes) is 1. The maximum Gasteiger partial charge on any atom is 0.315 e. The zero-order valence-corrected chi connectivity index (χ0v) is 19.2. The highest BCUT2D eigenvalue weighted by Gasteiger charge is 2.42. The summed E-state index contributed by atoms with van der Waals surface area (Å²) in [6.07, 6.45) is 3.46. The number of rotatable bonds is 7. The quantitative estimate of drug-likeness (QED) is 0.209. The van der Waals surface area contributed by atoms with E-state index in [9.17, 15) is 9.59 Å². The van der Waals surface area contributed by atoms with Crippen molar-refractivity contribution in [3.63, 3.8) is 0 Å². The van der Waals surface area contributed by atoms with Crippen LogP contribution >= 0.6 is 11.8 Å². The number of nitrogens with one attached hydrogen (secondary N) is 3. The molecule has 4 aromatic carbocycles. The molecule has 0 saturated carbocycles. The lowest BCUT2D eigenvalue weighted by molar-refractivity contribution is -0.121. The van der Waals surface area contributed by atoms with Crippen LogP contribution < -0.4 is 16.0 Å². The lowest BCUT2D eigenvalue weighted by atomic mass is 9.92. The van der Waals surface area contributed by atoms with Gasteiger partial charge in [0.15, 0.2) is 0 Å². The zero-order chi connectivity index (χ0) is 22.4. The molecule has 3 amide bonds. The van der Waals surface area contributed by atoms with Gasteiger partial charge in [0.25, 0.3) is 0 Å². The van der Waals surface area contributed by atoms with Gasteiger partial charge in [-0.25, -0.2) is 4.79 Å². The first-order valence-corrected chi connectivity index (χ1v) is 12.8. The van der Waals surface area contributed by atoms with Crippen molar-refractivity contribution in [1.29, 1.82) is 0 Å². The summed E-state index contributed by atoms with van der Waals surface area (Å²) in [7, 11) is 0. The Kier molecular flexibility index (Phi) is 5.25. The minimum absolute atomic E-state index is 0.0403. The zero-order valence-electron chi connectivity index (χ0n) is 18.4. The Morgan fingerprint density at radius 1 is 0.939 bits per heavy atom. The van der Waals surface area contributed by atoms with Crippen LogP contribution in [0.2, 0.25) is 0 Å². The summed E-state index contributed by atoms with van der Waals surface area (Å²) in [6, 6.07) is 19.9. The van der Waals surface area contributed by atoms with E-state index in [0.29, 0.717) is 18.2 Å². The van der Waals surface area contributed by atoms with E-state index < -0.39 is 0 Å². The van der Waals surface area contributed by atoms with Crippen LogP contribution in [0.4, 0.5) is 4.79 Å². The monoisotopic (exact) mass is 457 g/mol. The van der Waals surface area contributed by atoms with Crippen molar-refractivity contribution < 1.29 is 9.59 Å². The average molecular weight is 458 g/mol. The van der Waals surface area contributed by atoms with Crippen LogP contribution in [-0.4, -0.2) is 35.0 Å². The average Bonchev–Trinajstić information content (AvgIpc) is 3.38. The first kappa shape index (κ1) is 20.6. The highest BCUT2D eigenvalue weighted by atomic mass is 32.2. The van der Waals surface area contributed by atoms with Crippen LogP contribution in [-0.2, 0) is 11.3 Å². The van der Waals surface area contributed by atoms with Crippen molar-refractivity contribution in [3.05, 3.63) is 60.2 Å². The summed E-state index contributed by atoms with van der Waals surface area (Å²) in [5, 5.41) is 17.2. The van der Waals surface area contributed by atoms with E-state index in [1.807, 2.05) is 11.8 Å². The molecule has 0 spiro atoms. The molecular weight excluding hydrogens is 430 g/mol. The van der Waals surface area contributed by atoms with Crippen LogP contribution in [0.15, 0.2) is 54.6 Å². The molecule has 4 aromatic rings. The number of carbonyl (C=O) groups excluding carboxylic acids is 2. The fourth-order valence-corrected chi connectivity index (χ4v) is 7.05. The molecule has 5 nitrogen and oxygen atoms in total. The van der Waals surface area contributed by atoms with Gasteiger partial charge in [-0.05, 0) is 50.7 Å². The molecule has 33 heavy (non-hydrogen) atoms. The molecule has 0 bridgehead atoms. The van der Waals surface area contributed by atoms with Gasteiger partial charge in [0.1, 0.15) is 0 Å². The van der Waals surface area contributed by atoms with Gasteiger partial charge in [0.2, 0.25) is 5.91 Å². The topological polar surface area (TPSA) is 70.2 Å². The third kappa shape index (κ3) is 3.76. The molecule has 3 atom stereocenters. The summed E-state index contributed by atoms with van der Waals surface area (Å²) >= 11 is 1.93. The normalized spacial score (nSPS) is 22.1. The predicted octanol–water partition coefficient (Wildman–Crippen LogP) is 4.93. The second-order valence-electron chi connectivity index (χ2n) is 9.23. The maximum absolute atomic E-state index is 12.5. The number of hydrogen-bond donors (Lipinski definition) is 3. The first-order chi connectivity index (χ1) is 16.2. The van der Waals surface area contributed by atoms with Gasteiger partial charge in [-0.3, -0.25) is 4.79 Å². The minimum atomic E-state index is -0.0403. The lowest BCUT2D eigenvalue weighted by Crippen LogP contribution is -2.36. The number of benzene rings is 4. The fourth-order valence-electron chi connectivity index (χ4n) is 5.51. The number of carbonyl (C=O) groups is 2. The molecule has 168 valence electrons. The number of hydrogen-bond acceptors (Lipinski definition) is 3. The summed E-state index contributed by atoms with van der Waals surface area (Å²) < 4.78 is 0. The molecule has 2 aliphatic rings. The third-order valence-corrected chi connectivity index (χ3v) is 8.68. The van der Waals surface area contributed by atoms with E-state index in [-0.39, 0.29) is 24.0 Å². The second-order valence-corrected chi connectivity index (χ2v) is 10.5. The van der Waals surface area contributed by atoms with Crippen molar-refractivity contribution in [2.24, 2.45) is 0 Å². The Morgan fingerprint density at radius 3 is 2.55 bits per heavy atom. The maximum atomic E-state index is 12.5. The number of fused-ring (bicyclic) bond motifs is 1. The molecular formula is C27H27N3O2S. The van der Waals surface area contributed by atoms with Gasteiger partial charge in [-0.1, -0.05) is 61.0 Å². The number of urea groups is 1. The Bertz CT molecular complexity index is 1340. The highest BCUT2D eigenvalue weighted by molar-refractivity contribution is 8.00. The SMILES string of the molecule is O=C(CCCC[C@@H]1SC[C@@H]2NC(=O)N[C@@H]21)NCc1ccc2ccc3cccc4ccc1c2c34. The van der Waals surface area contributed by atoms with Crippen LogP contribution in [0, 0.1) is 0 Å². The van der Waals surface area contributed by atoms with Gasteiger partial charge in [-0.15, -0.1) is 0 Å². The molecule has 6 heteroatoms. The Labute approximate surface area is 197 Å². The number of thioether (sulfide) groups is 1. The molecule has 2 aliphatic heterocycles. The van der Waals surface area contributed by atoms with Gasteiger partial charge in [-0.2, -0.15) is 11.8 Å². The Hall–Kier alpha value is -2.99. The Morgan fingerprint density at radius 2 is 1.70 bits per heavy atom. The van der Waals surface area contributed by atoms with Crippen LogP contribution in [0.1, 0.15) is 31.2 Å². The van der Waals surface area contributed by atoms with Gasteiger partial charge >= 0.3 is 6.03 Å². The van der Waals surface area contributed by atoms with Crippen molar-refractivity contribution in [1.82, 2.24) is 16.0 Å². The smallest absolute Gasteiger partial charge is 0.315 e. The molecule has 0 aromatic heterocycles. The molecule has 0 radical (unpaired) electrons. The van der Waals surface area contributed by atoms with E-state index in [2.05, 4.69) is 70.5 Å². The molecule has 2 heterocycles. The second kappa shape index (κ2) is 8.41. The molecule has 0 aliphatic carbocycles. The summed E-state index contributed by atoms with van der Waals surface area (Å²) in [4.78, 5) is 24.0. The summed E-state index contributed by atoms with van der Waals surface area (Å²) in [5.41, 5.74) is 1.16. The Balaban J connectivity index is 1.07. The standard InChI is InChI=1S/C27H27N3O2S/c31-23(7-2-1-6-22-26-21(15-33-22)29-27(32)30-26)28-14-19-11-10-18-9-8-16-4-3-5-17-12-13-20(19)25(18)24(16)17/h3-5,8-13,21-22,26H,1-2,6-7,14-15H2,(H,28,31)(H2,29,30,32)/t21-,22-,26-/m0/s1. The van der Waals surface area contributed by atoms with E-state index in [4.69, 9.17) is 0 Å². The first-order valence-electron chi connectivity index (χ1n) is 11.8. The molecule has 6 rings (SSSR count). The lowest BCUT2D eigenvalue weighted by Gasteiger charge is -2.16. The van der Waals surface area contributed by atoms with Crippen molar-refractivity contribution in [2.75, 3.05) is 5.75 Å². The van der Waals surface area contributed by atoms with E-state index in [1.54, 1.807) is 0 Å². The molecule has 0 unspecified atom stereocenters. The van der Waals surface area contributed by atoms with Crippen LogP contribution in [0.5, 0.6) is 0 Å². The van der Waals surface area contributed by atoms with Crippen molar-refractivity contribution in [2.45, 2.75) is 49.6 Å². The van der Waals surface area contributed by atoms with Gasteiger partial charge in [0, 0.05) is 24.0 Å². The highest BCUT2D eigenvalue weighted by Crippen LogP contribution is 2.36. The van der Waals surface area contributed by atoms with Crippen LogP contribution in [0.3, 0.4) is 0 Å². The molecule has 3 N–H and O–H groups in total. The minimum Gasteiger partial charge on any atom is -0.352 e. The van der Waals surface area contributed by atoms with Crippen LogP contribution in [0.25, 0.3) is 32.3 Å². The van der Waals surface area contributed by atoms with Crippen molar-refractivity contribution in [3.8, 4) is 0 Å². The van der Waals surface area contributed by atoms with E-state index in [1.165, 1.54) is 32.3 Å². The summed E-state index contributed by atoms with van der Waals surface area (Å²) in [5.74, 6) is 1.09.